The summed E-state index contributed by atoms with van der Waals surface area (Å²) in [5.74, 6) is -1.00. The summed E-state index contributed by atoms with van der Waals surface area (Å²) in [5, 5.41) is 12.6. The first-order valence-electron chi connectivity index (χ1n) is 12.4. The smallest absolute Gasteiger partial charge is 0.407 e. The number of aryl methyl sites for hydroxylation is 1. The molecule has 1 heterocycles. The Hall–Kier alpha value is -3.39. The number of nitrogens with zero attached hydrogens (tertiary/aromatic N) is 2. The van der Waals surface area contributed by atoms with Crippen molar-refractivity contribution in [2.75, 3.05) is 25.5 Å². The lowest BCUT2D eigenvalue weighted by Crippen LogP contribution is -2.45. The molecule has 0 aromatic heterocycles. The zero-order valence-electron chi connectivity index (χ0n) is 22.0. The van der Waals surface area contributed by atoms with Crippen molar-refractivity contribution < 1.29 is 24.2 Å². The molecule has 2 N–H and O–H groups in total. The van der Waals surface area contributed by atoms with Crippen molar-refractivity contribution >= 4 is 23.7 Å². The van der Waals surface area contributed by atoms with Gasteiger partial charge in [0, 0.05) is 18.7 Å². The van der Waals surface area contributed by atoms with Crippen LogP contribution in [0.1, 0.15) is 68.1 Å². The van der Waals surface area contributed by atoms with Gasteiger partial charge in [0.25, 0.3) is 0 Å². The molecule has 1 aliphatic rings. The van der Waals surface area contributed by atoms with Gasteiger partial charge in [-0.05, 0) is 101 Å². The molecular formula is C28H37N3O5. The second-order valence-electron chi connectivity index (χ2n) is 9.98. The second-order valence-corrected chi connectivity index (χ2v) is 9.98. The predicted molar refractivity (Wildman–Crippen MR) is 140 cm³/mol. The summed E-state index contributed by atoms with van der Waals surface area (Å²) in [7, 11) is 3.99. The molecule has 2 atom stereocenters. The van der Waals surface area contributed by atoms with Gasteiger partial charge in [-0.2, -0.15) is 0 Å². The van der Waals surface area contributed by atoms with E-state index in [2.05, 4.69) is 10.2 Å². The van der Waals surface area contributed by atoms with Crippen LogP contribution < -0.4 is 10.2 Å². The minimum absolute atomic E-state index is 0.0614. The van der Waals surface area contributed by atoms with E-state index in [0.717, 1.165) is 40.9 Å². The van der Waals surface area contributed by atoms with E-state index in [1.807, 2.05) is 51.4 Å². The van der Waals surface area contributed by atoms with Crippen LogP contribution in [0.3, 0.4) is 0 Å². The molecule has 1 aliphatic heterocycles. The van der Waals surface area contributed by atoms with Crippen molar-refractivity contribution in [2.45, 2.75) is 65.1 Å². The van der Waals surface area contributed by atoms with Crippen LogP contribution in [0.15, 0.2) is 36.4 Å². The minimum Gasteiger partial charge on any atom is -0.478 e. The highest BCUT2D eigenvalue weighted by Gasteiger charge is 2.34. The number of amides is 2. The SMILES string of the molecule is CC(=O)N1c2ccc(-c3ccc(C(=O)O)c(CCCN(C)C)c3)cc2[C@H](NC(=O)OC(C)C)C[C@@H]1C. The first kappa shape index (κ1) is 27.2. The summed E-state index contributed by atoms with van der Waals surface area (Å²) in [6.45, 7) is 7.96. The van der Waals surface area contributed by atoms with E-state index in [9.17, 15) is 19.5 Å². The number of fused-ring (bicyclic) bond motifs is 1. The Kier molecular flexibility index (Phi) is 8.74. The normalized spacial score (nSPS) is 17.2. The zero-order chi connectivity index (χ0) is 26.6. The standard InChI is InChI=1S/C28H37N3O5/c1-17(2)36-28(35)29-25-14-18(3)31(19(4)32)26-12-10-21(16-24(25)26)20-9-11-23(27(33)34)22(15-20)8-7-13-30(5)6/h9-12,15-18,25H,7-8,13-14H2,1-6H3,(H,29,35)(H,33,34)/t18-,25+/m0/s1. The number of hydrogen-bond acceptors (Lipinski definition) is 5. The molecule has 2 amide bonds. The highest BCUT2D eigenvalue weighted by molar-refractivity contribution is 5.94. The number of aromatic carboxylic acids is 1. The Bertz CT molecular complexity index is 1130. The highest BCUT2D eigenvalue weighted by atomic mass is 16.6. The lowest BCUT2D eigenvalue weighted by atomic mass is 9.88. The summed E-state index contributed by atoms with van der Waals surface area (Å²) in [5.41, 5.74) is 4.46. The van der Waals surface area contributed by atoms with Gasteiger partial charge in [-0.1, -0.05) is 18.2 Å². The fourth-order valence-corrected chi connectivity index (χ4v) is 4.83. The van der Waals surface area contributed by atoms with Gasteiger partial charge in [-0.25, -0.2) is 9.59 Å². The van der Waals surface area contributed by atoms with Gasteiger partial charge in [0.1, 0.15) is 0 Å². The lowest BCUT2D eigenvalue weighted by Gasteiger charge is -2.39. The first-order chi connectivity index (χ1) is 17.0. The van der Waals surface area contributed by atoms with Crippen LogP contribution >= 0.6 is 0 Å². The van der Waals surface area contributed by atoms with Gasteiger partial charge in [-0.15, -0.1) is 0 Å². The number of carbonyl (C=O) groups is 3. The Morgan fingerprint density at radius 2 is 1.81 bits per heavy atom. The number of anilines is 1. The molecular weight excluding hydrogens is 458 g/mol. The number of carboxylic acids is 1. The van der Waals surface area contributed by atoms with Crippen molar-refractivity contribution in [3.8, 4) is 11.1 Å². The molecule has 2 aromatic carbocycles. The maximum atomic E-state index is 12.5. The molecule has 0 saturated carbocycles. The molecule has 0 fully saturated rings. The maximum absolute atomic E-state index is 12.5. The zero-order valence-corrected chi connectivity index (χ0v) is 22.0. The van der Waals surface area contributed by atoms with Crippen LogP contribution in [0.2, 0.25) is 0 Å². The largest absolute Gasteiger partial charge is 0.478 e. The highest BCUT2D eigenvalue weighted by Crippen LogP contribution is 2.40. The Balaban J connectivity index is 2.02. The van der Waals surface area contributed by atoms with E-state index in [-0.39, 0.29) is 24.1 Å². The monoisotopic (exact) mass is 495 g/mol. The molecule has 0 spiro atoms. The first-order valence-corrected chi connectivity index (χ1v) is 12.4. The molecule has 8 nitrogen and oxygen atoms in total. The molecule has 36 heavy (non-hydrogen) atoms. The van der Waals surface area contributed by atoms with E-state index < -0.39 is 12.1 Å². The van der Waals surface area contributed by atoms with Crippen molar-refractivity contribution in [2.24, 2.45) is 0 Å². The van der Waals surface area contributed by atoms with Crippen LogP contribution in [-0.4, -0.2) is 60.8 Å². The van der Waals surface area contributed by atoms with Gasteiger partial charge in [0.15, 0.2) is 0 Å². The molecule has 194 valence electrons. The summed E-state index contributed by atoms with van der Waals surface area (Å²) < 4.78 is 5.31. The predicted octanol–water partition coefficient (Wildman–Crippen LogP) is 4.87. The molecule has 0 bridgehead atoms. The van der Waals surface area contributed by atoms with Crippen LogP contribution in [0.25, 0.3) is 11.1 Å². The number of hydrogen-bond donors (Lipinski definition) is 2. The fraction of sp³-hybridized carbons (Fsp3) is 0.464. The number of carbonyl (C=O) groups excluding carboxylic acids is 2. The van der Waals surface area contributed by atoms with Gasteiger partial charge >= 0.3 is 12.1 Å². The second kappa shape index (κ2) is 11.6. The average Bonchev–Trinajstić information content (AvgIpc) is 2.77. The van der Waals surface area contributed by atoms with E-state index >= 15 is 0 Å². The molecule has 0 aliphatic carbocycles. The van der Waals surface area contributed by atoms with Crippen LogP contribution in [-0.2, 0) is 16.0 Å². The Labute approximate surface area is 213 Å². The van der Waals surface area contributed by atoms with Crippen LogP contribution in [0.5, 0.6) is 0 Å². The number of benzene rings is 2. The topological polar surface area (TPSA) is 99.2 Å². The van der Waals surface area contributed by atoms with Gasteiger partial charge < -0.3 is 25.0 Å². The van der Waals surface area contributed by atoms with Crippen molar-refractivity contribution in [3.05, 3.63) is 53.1 Å². The fourth-order valence-electron chi connectivity index (χ4n) is 4.83. The van der Waals surface area contributed by atoms with Crippen molar-refractivity contribution in [1.82, 2.24) is 10.2 Å². The van der Waals surface area contributed by atoms with Crippen molar-refractivity contribution in [1.29, 1.82) is 0 Å². The lowest BCUT2D eigenvalue weighted by molar-refractivity contribution is -0.117. The van der Waals surface area contributed by atoms with E-state index in [1.165, 1.54) is 0 Å². The summed E-state index contributed by atoms with van der Waals surface area (Å²) >= 11 is 0. The van der Waals surface area contributed by atoms with Gasteiger partial charge in [0.05, 0.1) is 17.7 Å². The number of nitrogens with one attached hydrogen (secondary N) is 1. The summed E-state index contributed by atoms with van der Waals surface area (Å²) in [6, 6.07) is 10.8. The molecule has 0 unspecified atom stereocenters. The number of carboxylic acid groups (broad SMARTS) is 1. The minimum atomic E-state index is -0.939. The quantitative estimate of drug-likeness (QED) is 0.542. The molecule has 0 radical (unpaired) electrons. The summed E-state index contributed by atoms with van der Waals surface area (Å²) in [6.07, 6.45) is 1.31. The van der Waals surface area contributed by atoms with Gasteiger partial charge in [0.2, 0.25) is 5.91 Å². The summed E-state index contributed by atoms with van der Waals surface area (Å²) in [4.78, 5) is 40.5. The third-order valence-electron chi connectivity index (χ3n) is 6.37. The Morgan fingerprint density at radius 3 is 2.42 bits per heavy atom. The number of alkyl carbamates (subject to hydrolysis) is 1. The third-order valence-corrected chi connectivity index (χ3v) is 6.37. The van der Waals surface area contributed by atoms with Crippen molar-refractivity contribution in [3.63, 3.8) is 0 Å². The van der Waals surface area contributed by atoms with Crippen LogP contribution in [0.4, 0.5) is 10.5 Å². The van der Waals surface area contributed by atoms with Crippen LogP contribution in [0, 0.1) is 0 Å². The number of ether oxygens (including phenoxy) is 1. The van der Waals surface area contributed by atoms with Gasteiger partial charge in [-0.3, -0.25) is 4.79 Å². The Morgan fingerprint density at radius 1 is 1.14 bits per heavy atom. The van der Waals surface area contributed by atoms with E-state index in [0.29, 0.717) is 18.4 Å². The van der Waals surface area contributed by atoms with E-state index in [1.54, 1.807) is 31.7 Å². The maximum Gasteiger partial charge on any atom is 0.407 e. The molecule has 8 heteroatoms. The average molecular weight is 496 g/mol. The molecule has 2 aromatic rings. The number of rotatable bonds is 8. The van der Waals surface area contributed by atoms with E-state index in [4.69, 9.17) is 4.74 Å². The third kappa shape index (κ3) is 6.43. The molecule has 0 saturated heterocycles. The molecule has 3 rings (SSSR count).